The van der Waals surface area contributed by atoms with Gasteiger partial charge in [-0.15, -0.1) is 5.73 Å². The molecule has 0 radical (unpaired) electrons. The number of carbonyl (C=O) groups is 4. The quantitative estimate of drug-likeness (QED) is 0.247. The number of aliphatic hydroxyl groups excluding tert-OH is 1. The summed E-state index contributed by atoms with van der Waals surface area (Å²) in [7, 11) is 0. The molecule has 18 heavy (non-hydrogen) atoms. The van der Waals surface area contributed by atoms with E-state index in [0.717, 1.165) is 0 Å². The molecule has 1 atom stereocenters. The Balaban J connectivity index is 0.000000267. The van der Waals surface area contributed by atoms with Gasteiger partial charge in [0.05, 0.1) is 6.42 Å². The van der Waals surface area contributed by atoms with Crippen LogP contribution in [-0.4, -0.2) is 35.0 Å². The van der Waals surface area contributed by atoms with Gasteiger partial charge in [0.2, 0.25) is 0 Å². The second-order valence-electron chi connectivity index (χ2n) is 2.95. The van der Waals surface area contributed by atoms with E-state index < -0.39 is 18.0 Å². The van der Waals surface area contributed by atoms with Crippen molar-refractivity contribution in [1.29, 1.82) is 0 Å². The van der Waals surface area contributed by atoms with Gasteiger partial charge in [-0.25, -0.2) is 4.79 Å². The Morgan fingerprint density at radius 2 is 1.67 bits per heavy atom. The van der Waals surface area contributed by atoms with Crippen molar-refractivity contribution in [3.05, 3.63) is 31.0 Å². The molecule has 0 saturated carbocycles. The third-order valence-electron chi connectivity index (χ3n) is 1.48. The van der Waals surface area contributed by atoms with Crippen molar-refractivity contribution in [3.63, 3.8) is 0 Å². The highest BCUT2D eigenvalue weighted by atomic mass is 16.6. The number of cyclic esters (lactones) is 2. The van der Waals surface area contributed by atoms with Crippen molar-refractivity contribution in [1.82, 2.24) is 5.32 Å². The molecule has 7 heteroatoms. The van der Waals surface area contributed by atoms with Crippen molar-refractivity contribution in [2.75, 3.05) is 0 Å². The fraction of sp³-hybridized carbons (Fsp3) is 0.182. The summed E-state index contributed by atoms with van der Waals surface area (Å²) >= 11 is 0. The summed E-state index contributed by atoms with van der Waals surface area (Å²) in [5, 5.41) is 10.5. The third kappa shape index (κ3) is 6.16. The molecule has 0 aromatic rings. The van der Waals surface area contributed by atoms with E-state index in [0.29, 0.717) is 0 Å². The smallest absolute Gasteiger partial charge is 0.343 e. The fourth-order valence-corrected chi connectivity index (χ4v) is 0.819. The van der Waals surface area contributed by atoms with Crippen LogP contribution < -0.4 is 5.32 Å². The number of nitrogens with one attached hydrogen (secondary N) is 1. The Labute approximate surface area is 102 Å². The lowest BCUT2D eigenvalue weighted by Crippen LogP contribution is -2.19. The van der Waals surface area contributed by atoms with Crippen LogP contribution in [0.25, 0.3) is 0 Å². The van der Waals surface area contributed by atoms with Gasteiger partial charge in [0.25, 0.3) is 11.8 Å². The van der Waals surface area contributed by atoms with Gasteiger partial charge in [-0.2, -0.15) is 0 Å². The predicted molar refractivity (Wildman–Crippen MR) is 58.8 cm³/mol. The minimum atomic E-state index is -1.22. The van der Waals surface area contributed by atoms with Crippen molar-refractivity contribution in [3.8, 4) is 0 Å². The molecule has 7 nitrogen and oxygen atoms in total. The molecule has 2 heterocycles. The van der Waals surface area contributed by atoms with Crippen LogP contribution in [0.5, 0.6) is 0 Å². The number of hydrogen-bond acceptors (Lipinski definition) is 6. The Morgan fingerprint density at radius 1 is 1.22 bits per heavy atom. The van der Waals surface area contributed by atoms with Crippen LogP contribution in [0.4, 0.5) is 0 Å². The zero-order chi connectivity index (χ0) is 14.1. The molecule has 2 aliphatic heterocycles. The summed E-state index contributed by atoms with van der Waals surface area (Å²) < 4.78 is 3.95. The van der Waals surface area contributed by atoms with E-state index in [4.69, 9.17) is 5.11 Å². The average molecular weight is 253 g/mol. The normalized spacial score (nSPS) is 19.9. The van der Waals surface area contributed by atoms with E-state index in [9.17, 15) is 19.2 Å². The molecule has 2 rings (SSSR count). The molecule has 0 spiro atoms. The first kappa shape index (κ1) is 15.5. The fourth-order valence-electron chi connectivity index (χ4n) is 0.819. The molecule has 1 unspecified atom stereocenters. The van der Waals surface area contributed by atoms with E-state index in [-0.39, 0.29) is 18.2 Å². The number of ether oxygens (including phenoxy) is 1. The highest BCUT2D eigenvalue weighted by Gasteiger charge is 2.30. The third-order valence-corrected chi connectivity index (χ3v) is 1.48. The standard InChI is InChI=1S/C4H3NO2.C4H4O4.C3H4/c6-3-1-2-4(7)5-3;5-2-1-3(6)8-4(2)7;1-3-2/h1-2H,(H,5,6,7);2,5H,1H2;1-2H2. The first-order chi connectivity index (χ1) is 8.40. The van der Waals surface area contributed by atoms with Gasteiger partial charge >= 0.3 is 11.9 Å². The van der Waals surface area contributed by atoms with E-state index in [1.165, 1.54) is 12.2 Å². The molecule has 1 saturated heterocycles. The van der Waals surface area contributed by atoms with Gasteiger partial charge < -0.3 is 9.84 Å². The number of esters is 2. The molecule has 2 amide bonds. The van der Waals surface area contributed by atoms with Crippen LogP contribution in [0.2, 0.25) is 0 Å². The molecule has 2 N–H and O–H groups in total. The minimum absolute atomic E-state index is 0.196. The maximum absolute atomic E-state index is 10.1. The van der Waals surface area contributed by atoms with Crippen molar-refractivity contribution in [2.24, 2.45) is 0 Å². The Kier molecular flexibility index (Phi) is 6.65. The zero-order valence-corrected chi connectivity index (χ0v) is 9.34. The van der Waals surface area contributed by atoms with Crippen molar-refractivity contribution in [2.45, 2.75) is 12.5 Å². The lowest BCUT2D eigenvalue weighted by atomic mass is 10.3. The van der Waals surface area contributed by atoms with Crippen LogP contribution >= 0.6 is 0 Å². The lowest BCUT2D eigenvalue weighted by Gasteiger charge is -1.86. The highest BCUT2D eigenvalue weighted by molar-refractivity contribution is 6.12. The molecule has 0 aromatic heterocycles. The lowest BCUT2D eigenvalue weighted by molar-refractivity contribution is -0.154. The van der Waals surface area contributed by atoms with Crippen LogP contribution in [-0.2, 0) is 23.9 Å². The van der Waals surface area contributed by atoms with E-state index in [1.54, 1.807) is 0 Å². The summed E-state index contributed by atoms with van der Waals surface area (Å²) in [6.07, 6.45) is 0.978. The average Bonchev–Trinajstić information content (AvgIpc) is 2.76. The zero-order valence-electron chi connectivity index (χ0n) is 9.34. The van der Waals surface area contributed by atoms with Crippen LogP contribution in [0.1, 0.15) is 6.42 Å². The highest BCUT2D eigenvalue weighted by Crippen LogP contribution is 2.05. The minimum Gasteiger partial charge on any atom is -0.391 e. The van der Waals surface area contributed by atoms with E-state index >= 15 is 0 Å². The topological polar surface area (TPSA) is 110 Å². The van der Waals surface area contributed by atoms with Gasteiger partial charge in [-0.3, -0.25) is 19.7 Å². The maximum Gasteiger partial charge on any atom is 0.343 e. The molecule has 1 fully saturated rings. The Hall–Kier alpha value is -2.50. The van der Waals surface area contributed by atoms with Crippen LogP contribution in [0.3, 0.4) is 0 Å². The predicted octanol–water partition coefficient (Wildman–Crippen LogP) is -1.02. The Bertz CT molecular complexity index is 415. The van der Waals surface area contributed by atoms with Crippen molar-refractivity contribution >= 4 is 23.8 Å². The molecule has 0 aliphatic carbocycles. The maximum atomic E-state index is 10.1. The number of carbonyl (C=O) groups excluding carboxylic acids is 4. The number of rotatable bonds is 0. The second-order valence-corrected chi connectivity index (χ2v) is 2.95. The SMILES string of the molecule is C=C=C.O=C1C=CC(=O)N1.O=C1CC(O)C(=O)O1. The first-order valence-corrected chi connectivity index (χ1v) is 4.65. The summed E-state index contributed by atoms with van der Waals surface area (Å²) in [4.78, 5) is 40.2. The van der Waals surface area contributed by atoms with Crippen LogP contribution in [0, 0.1) is 0 Å². The summed E-state index contributed by atoms with van der Waals surface area (Å²) in [5.74, 6) is -2.15. The summed E-state index contributed by atoms with van der Waals surface area (Å²) in [5.41, 5.74) is 2.25. The number of amides is 2. The first-order valence-electron chi connectivity index (χ1n) is 4.65. The summed E-state index contributed by atoms with van der Waals surface area (Å²) in [6, 6.07) is 0. The van der Waals surface area contributed by atoms with Gasteiger partial charge in [0, 0.05) is 12.2 Å². The number of hydrogen-bond donors (Lipinski definition) is 2. The van der Waals surface area contributed by atoms with Gasteiger partial charge in [-0.05, 0) is 0 Å². The second kappa shape index (κ2) is 7.72. The molecule has 0 aromatic carbocycles. The molecular formula is C11H11NO6. The largest absolute Gasteiger partial charge is 0.391 e. The van der Waals surface area contributed by atoms with Gasteiger partial charge in [-0.1, -0.05) is 13.2 Å². The van der Waals surface area contributed by atoms with Crippen molar-refractivity contribution < 1.29 is 29.0 Å². The molecule has 2 aliphatic rings. The number of aliphatic hydroxyl groups is 1. The van der Waals surface area contributed by atoms with Gasteiger partial charge in [0.15, 0.2) is 6.10 Å². The van der Waals surface area contributed by atoms with E-state index in [2.05, 4.69) is 23.6 Å². The monoisotopic (exact) mass is 253 g/mol. The summed E-state index contributed by atoms with van der Waals surface area (Å²) in [6.45, 7) is 6.25. The van der Waals surface area contributed by atoms with Gasteiger partial charge in [0.1, 0.15) is 0 Å². The Morgan fingerprint density at radius 3 is 1.78 bits per heavy atom. The molecule has 0 bridgehead atoms. The number of imide groups is 1. The molecule has 96 valence electrons. The molecular weight excluding hydrogens is 242 g/mol. The van der Waals surface area contributed by atoms with Crippen LogP contribution in [0.15, 0.2) is 31.0 Å². The van der Waals surface area contributed by atoms with E-state index in [1.807, 2.05) is 5.32 Å².